The van der Waals surface area contributed by atoms with Gasteiger partial charge in [-0.3, -0.25) is 0 Å². The van der Waals surface area contributed by atoms with Gasteiger partial charge >= 0.3 is 0 Å². The molecule has 1 saturated carbocycles. The van der Waals surface area contributed by atoms with Crippen molar-refractivity contribution in [1.29, 1.82) is 0 Å². The van der Waals surface area contributed by atoms with Crippen LogP contribution in [0.2, 0.25) is 0 Å². The van der Waals surface area contributed by atoms with Gasteiger partial charge in [0.25, 0.3) is 0 Å². The van der Waals surface area contributed by atoms with Gasteiger partial charge in [-0.05, 0) is 24.0 Å². The number of nitrogens with zero attached hydrogens (tertiary/aromatic N) is 2. The molecule has 1 aliphatic rings. The summed E-state index contributed by atoms with van der Waals surface area (Å²) in [6.45, 7) is 4.34. The molecule has 102 valence electrons. The van der Waals surface area contributed by atoms with Gasteiger partial charge in [0.2, 0.25) is 5.95 Å². The lowest BCUT2D eigenvalue weighted by Gasteiger charge is -2.08. The Labute approximate surface area is 112 Å². The van der Waals surface area contributed by atoms with E-state index in [9.17, 15) is 8.42 Å². The maximum absolute atomic E-state index is 11.8. The van der Waals surface area contributed by atoms with E-state index in [4.69, 9.17) is 5.73 Å². The smallest absolute Gasteiger partial charge is 0.201 e. The number of para-hydroxylation sites is 1. The predicted octanol–water partition coefficient (Wildman–Crippen LogP) is 1.99. The molecule has 1 atom stereocenters. The van der Waals surface area contributed by atoms with E-state index in [1.807, 2.05) is 10.6 Å². The number of imidazole rings is 1. The van der Waals surface area contributed by atoms with Crippen molar-refractivity contribution in [2.75, 3.05) is 12.0 Å². The number of nitrogens with two attached hydrogens (primary N) is 1. The Kier molecular flexibility index (Phi) is 2.30. The Balaban J connectivity index is 2.30. The van der Waals surface area contributed by atoms with Gasteiger partial charge in [-0.2, -0.15) is 0 Å². The molecule has 0 radical (unpaired) electrons. The topological polar surface area (TPSA) is 78.0 Å². The molecular formula is C13H17N3O2S. The van der Waals surface area contributed by atoms with E-state index in [1.54, 1.807) is 12.1 Å². The van der Waals surface area contributed by atoms with Crippen LogP contribution in [0.3, 0.4) is 0 Å². The molecule has 1 aliphatic carbocycles. The van der Waals surface area contributed by atoms with Gasteiger partial charge in [-0.1, -0.05) is 19.9 Å². The third kappa shape index (κ3) is 1.82. The summed E-state index contributed by atoms with van der Waals surface area (Å²) in [6.07, 6.45) is 2.23. The van der Waals surface area contributed by atoms with E-state index < -0.39 is 9.84 Å². The molecule has 0 spiro atoms. The van der Waals surface area contributed by atoms with Crippen molar-refractivity contribution >= 4 is 26.8 Å². The Morgan fingerprint density at radius 2 is 2.05 bits per heavy atom. The highest BCUT2D eigenvalue weighted by Gasteiger charge is 2.48. The van der Waals surface area contributed by atoms with Crippen molar-refractivity contribution in [3.63, 3.8) is 0 Å². The third-order valence-corrected chi connectivity index (χ3v) is 5.01. The first kappa shape index (κ1) is 12.5. The maximum atomic E-state index is 11.8. The van der Waals surface area contributed by atoms with E-state index in [1.165, 1.54) is 6.26 Å². The summed E-state index contributed by atoms with van der Waals surface area (Å²) in [5.74, 6) is 0.390. The SMILES string of the molecule is CC1(C)CC1n1c(N)nc2c(S(C)(=O)=O)cccc21. The number of hydrogen-bond donors (Lipinski definition) is 1. The molecule has 0 aliphatic heterocycles. The number of hydrogen-bond acceptors (Lipinski definition) is 4. The first-order valence-corrected chi connectivity index (χ1v) is 8.07. The molecule has 1 fully saturated rings. The maximum Gasteiger partial charge on any atom is 0.201 e. The van der Waals surface area contributed by atoms with Gasteiger partial charge in [0.1, 0.15) is 5.52 Å². The molecular weight excluding hydrogens is 262 g/mol. The van der Waals surface area contributed by atoms with Crippen molar-refractivity contribution in [3.8, 4) is 0 Å². The minimum Gasteiger partial charge on any atom is -0.369 e. The summed E-state index contributed by atoms with van der Waals surface area (Å²) in [5.41, 5.74) is 7.46. The van der Waals surface area contributed by atoms with Crippen LogP contribution >= 0.6 is 0 Å². The predicted molar refractivity (Wildman–Crippen MR) is 74.7 cm³/mol. The molecule has 2 N–H and O–H groups in total. The quantitative estimate of drug-likeness (QED) is 0.912. The largest absolute Gasteiger partial charge is 0.369 e. The molecule has 5 nitrogen and oxygen atoms in total. The van der Waals surface area contributed by atoms with Gasteiger partial charge < -0.3 is 10.3 Å². The van der Waals surface area contributed by atoms with Gasteiger partial charge in [-0.25, -0.2) is 13.4 Å². The molecule has 0 saturated heterocycles. The second kappa shape index (κ2) is 3.50. The highest BCUT2D eigenvalue weighted by molar-refractivity contribution is 7.91. The minimum atomic E-state index is -3.30. The first-order chi connectivity index (χ1) is 8.72. The van der Waals surface area contributed by atoms with Gasteiger partial charge in [-0.15, -0.1) is 0 Å². The number of rotatable bonds is 2. The Morgan fingerprint density at radius 1 is 1.42 bits per heavy atom. The summed E-state index contributed by atoms with van der Waals surface area (Å²) >= 11 is 0. The molecule has 1 aromatic carbocycles. The normalized spacial score (nSPS) is 21.7. The summed E-state index contributed by atoms with van der Waals surface area (Å²) < 4.78 is 25.5. The van der Waals surface area contributed by atoms with E-state index in [0.29, 0.717) is 17.5 Å². The van der Waals surface area contributed by atoms with E-state index in [2.05, 4.69) is 18.8 Å². The molecule has 1 unspecified atom stereocenters. The second-order valence-corrected chi connectivity index (χ2v) is 7.93. The average molecular weight is 279 g/mol. The lowest BCUT2D eigenvalue weighted by molar-refractivity contribution is 0.553. The molecule has 3 rings (SSSR count). The zero-order valence-corrected chi connectivity index (χ0v) is 12.0. The summed E-state index contributed by atoms with van der Waals surface area (Å²) in [6, 6.07) is 5.49. The van der Waals surface area contributed by atoms with Crippen LogP contribution in [0.4, 0.5) is 5.95 Å². The number of benzene rings is 1. The molecule has 0 amide bonds. The fraction of sp³-hybridized carbons (Fsp3) is 0.462. The molecule has 1 aromatic heterocycles. The Bertz CT molecular complexity index is 775. The fourth-order valence-corrected chi connectivity index (χ4v) is 3.44. The Morgan fingerprint density at radius 3 is 2.58 bits per heavy atom. The van der Waals surface area contributed by atoms with Crippen molar-refractivity contribution < 1.29 is 8.42 Å². The van der Waals surface area contributed by atoms with Gasteiger partial charge in [0.15, 0.2) is 9.84 Å². The molecule has 2 aromatic rings. The average Bonchev–Trinajstić information content (AvgIpc) is 2.76. The number of anilines is 1. The zero-order valence-electron chi connectivity index (χ0n) is 11.2. The van der Waals surface area contributed by atoms with Crippen LogP contribution < -0.4 is 5.73 Å². The minimum absolute atomic E-state index is 0.197. The van der Waals surface area contributed by atoms with Crippen LogP contribution in [0, 0.1) is 5.41 Å². The van der Waals surface area contributed by atoms with Crippen molar-refractivity contribution in [1.82, 2.24) is 9.55 Å². The van der Waals surface area contributed by atoms with Crippen LogP contribution in [-0.2, 0) is 9.84 Å². The number of nitrogen functional groups attached to an aromatic ring is 1. The number of sulfone groups is 1. The van der Waals surface area contributed by atoms with Crippen molar-refractivity contribution in [2.45, 2.75) is 31.2 Å². The van der Waals surface area contributed by atoms with Crippen molar-refractivity contribution in [2.24, 2.45) is 5.41 Å². The number of fused-ring (bicyclic) bond motifs is 1. The van der Waals surface area contributed by atoms with Gasteiger partial charge in [0.05, 0.1) is 10.4 Å². The van der Waals surface area contributed by atoms with Crippen LogP contribution in [0.5, 0.6) is 0 Å². The van der Waals surface area contributed by atoms with Crippen LogP contribution in [0.15, 0.2) is 23.1 Å². The van der Waals surface area contributed by atoms with E-state index >= 15 is 0 Å². The lowest BCUT2D eigenvalue weighted by Crippen LogP contribution is -2.04. The molecule has 0 bridgehead atoms. The monoisotopic (exact) mass is 279 g/mol. The summed E-state index contributed by atoms with van der Waals surface area (Å²) in [7, 11) is -3.30. The highest BCUT2D eigenvalue weighted by atomic mass is 32.2. The summed E-state index contributed by atoms with van der Waals surface area (Å²) in [5, 5.41) is 0. The molecule has 1 heterocycles. The van der Waals surface area contributed by atoms with E-state index in [-0.39, 0.29) is 10.3 Å². The van der Waals surface area contributed by atoms with E-state index in [0.717, 1.165) is 11.9 Å². The van der Waals surface area contributed by atoms with Crippen molar-refractivity contribution in [3.05, 3.63) is 18.2 Å². The third-order valence-electron chi connectivity index (χ3n) is 3.88. The van der Waals surface area contributed by atoms with Crippen LogP contribution in [-0.4, -0.2) is 24.2 Å². The van der Waals surface area contributed by atoms with Crippen LogP contribution in [0.1, 0.15) is 26.3 Å². The first-order valence-electron chi connectivity index (χ1n) is 6.18. The van der Waals surface area contributed by atoms with Crippen LogP contribution in [0.25, 0.3) is 11.0 Å². The lowest BCUT2D eigenvalue weighted by atomic mass is 10.2. The molecule has 6 heteroatoms. The summed E-state index contributed by atoms with van der Waals surface area (Å²) in [4.78, 5) is 4.51. The highest BCUT2D eigenvalue weighted by Crippen LogP contribution is 2.57. The second-order valence-electron chi connectivity index (χ2n) is 5.94. The zero-order chi connectivity index (χ0) is 14.0. The van der Waals surface area contributed by atoms with Gasteiger partial charge in [0, 0.05) is 12.3 Å². The Hall–Kier alpha value is -1.56. The molecule has 19 heavy (non-hydrogen) atoms. The standard InChI is InChI=1S/C13H17N3O2S/c1-13(2)7-10(13)16-8-5-4-6-9(19(3,17)18)11(8)15-12(16)14/h4-6,10H,7H2,1-3H3,(H2,14,15). The fourth-order valence-electron chi connectivity index (χ4n) is 2.62. The number of aromatic nitrogens is 2.